The van der Waals surface area contributed by atoms with Crippen molar-refractivity contribution in [1.82, 2.24) is 0 Å². The van der Waals surface area contributed by atoms with Gasteiger partial charge in [0.25, 0.3) is 0 Å². The molecule has 0 amide bonds. The maximum atomic E-state index is 6.33. The second-order valence-electron chi connectivity index (χ2n) is 4.69. The molecular weight excluding hydrogens is 311 g/mol. The first-order chi connectivity index (χ1) is 7.76. The van der Waals surface area contributed by atoms with E-state index in [-0.39, 0.29) is 11.7 Å². The third kappa shape index (κ3) is 2.77. The molecular formula is C14H19IO. The molecule has 0 aromatic heterocycles. The molecule has 88 valence electrons. The van der Waals surface area contributed by atoms with Crippen molar-refractivity contribution in [2.75, 3.05) is 4.43 Å². The normalized spacial score (nSPS) is 20.9. The van der Waals surface area contributed by atoms with Crippen molar-refractivity contribution in [2.45, 2.75) is 44.3 Å². The molecule has 0 aliphatic heterocycles. The van der Waals surface area contributed by atoms with Crippen LogP contribution >= 0.6 is 22.6 Å². The van der Waals surface area contributed by atoms with Crippen LogP contribution in [-0.2, 0) is 4.74 Å². The smallest absolute Gasteiger partial charge is 0.0804 e. The first-order valence-electron chi connectivity index (χ1n) is 6.04. The van der Waals surface area contributed by atoms with Crippen molar-refractivity contribution in [2.24, 2.45) is 0 Å². The van der Waals surface area contributed by atoms with Gasteiger partial charge in [-0.2, -0.15) is 0 Å². The van der Waals surface area contributed by atoms with Crippen molar-refractivity contribution in [3.63, 3.8) is 0 Å². The van der Waals surface area contributed by atoms with Gasteiger partial charge >= 0.3 is 0 Å². The van der Waals surface area contributed by atoms with Crippen LogP contribution in [0.3, 0.4) is 0 Å². The van der Waals surface area contributed by atoms with E-state index in [1.807, 2.05) is 0 Å². The van der Waals surface area contributed by atoms with Crippen LogP contribution < -0.4 is 0 Å². The number of halogens is 1. The molecule has 1 unspecified atom stereocenters. The van der Waals surface area contributed by atoms with Crippen LogP contribution in [0.25, 0.3) is 0 Å². The molecule has 0 heterocycles. The maximum absolute atomic E-state index is 6.33. The van der Waals surface area contributed by atoms with Gasteiger partial charge in [-0.1, -0.05) is 65.8 Å². The van der Waals surface area contributed by atoms with E-state index in [1.54, 1.807) is 0 Å². The van der Waals surface area contributed by atoms with Gasteiger partial charge in [-0.05, 0) is 25.3 Å². The summed E-state index contributed by atoms with van der Waals surface area (Å²) in [6.45, 7) is 2.17. The monoisotopic (exact) mass is 330 g/mol. The Labute approximate surface area is 112 Å². The van der Waals surface area contributed by atoms with Gasteiger partial charge in [0.15, 0.2) is 0 Å². The standard InChI is InChI=1S/C14H19IO/c1-12(13-7-3-2-4-8-13)16-14(11-15)9-5-6-10-14/h2-4,7-8,12H,5-6,9-11H2,1H3. The molecule has 2 rings (SSSR count). The molecule has 0 N–H and O–H groups in total. The Morgan fingerprint density at radius 1 is 1.25 bits per heavy atom. The Morgan fingerprint density at radius 2 is 1.88 bits per heavy atom. The van der Waals surface area contributed by atoms with E-state index in [4.69, 9.17) is 4.74 Å². The molecule has 16 heavy (non-hydrogen) atoms. The van der Waals surface area contributed by atoms with Gasteiger partial charge in [0.1, 0.15) is 0 Å². The lowest BCUT2D eigenvalue weighted by atomic mass is 10.0. The zero-order valence-corrected chi connectivity index (χ0v) is 11.9. The predicted molar refractivity (Wildman–Crippen MR) is 76.0 cm³/mol. The number of rotatable bonds is 4. The summed E-state index contributed by atoms with van der Waals surface area (Å²) in [5.41, 5.74) is 1.44. The van der Waals surface area contributed by atoms with Crippen LogP contribution in [-0.4, -0.2) is 10.0 Å². The fourth-order valence-electron chi connectivity index (χ4n) is 2.47. The van der Waals surface area contributed by atoms with Crippen molar-refractivity contribution < 1.29 is 4.74 Å². The number of ether oxygens (including phenoxy) is 1. The molecule has 1 aromatic rings. The van der Waals surface area contributed by atoms with Gasteiger partial charge in [0.05, 0.1) is 11.7 Å². The van der Waals surface area contributed by atoms with Crippen molar-refractivity contribution >= 4 is 22.6 Å². The van der Waals surface area contributed by atoms with Crippen molar-refractivity contribution in [3.05, 3.63) is 35.9 Å². The third-order valence-electron chi connectivity index (χ3n) is 3.45. The van der Waals surface area contributed by atoms with Crippen LogP contribution in [0.5, 0.6) is 0 Å². The highest BCUT2D eigenvalue weighted by Gasteiger charge is 2.35. The van der Waals surface area contributed by atoms with E-state index in [0.717, 1.165) is 4.43 Å². The van der Waals surface area contributed by atoms with Crippen LogP contribution in [0.15, 0.2) is 30.3 Å². The summed E-state index contributed by atoms with van der Waals surface area (Å²) in [4.78, 5) is 0. The van der Waals surface area contributed by atoms with E-state index in [2.05, 4.69) is 59.8 Å². The molecule has 1 aromatic carbocycles. The van der Waals surface area contributed by atoms with Gasteiger partial charge in [-0.3, -0.25) is 0 Å². The Balaban J connectivity index is 2.03. The lowest BCUT2D eigenvalue weighted by Gasteiger charge is -2.31. The Morgan fingerprint density at radius 3 is 2.44 bits per heavy atom. The predicted octanol–water partition coefficient (Wildman–Crippen LogP) is 4.51. The Kier molecular flexibility index (Phi) is 4.25. The Bertz CT molecular complexity index is 317. The third-order valence-corrected chi connectivity index (χ3v) is 4.84. The lowest BCUT2D eigenvalue weighted by Crippen LogP contribution is -2.32. The molecule has 1 atom stereocenters. The number of alkyl halides is 1. The zero-order valence-electron chi connectivity index (χ0n) is 9.79. The van der Waals surface area contributed by atoms with Crippen LogP contribution in [0.1, 0.15) is 44.3 Å². The Hall–Kier alpha value is -0.0900. The molecule has 0 saturated heterocycles. The van der Waals surface area contributed by atoms with Gasteiger partial charge in [0.2, 0.25) is 0 Å². The fourth-order valence-corrected chi connectivity index (χ4v) is 3.41. The van der Waals surface area contributed by atoms with Gasteiger partial charge in [-0.15, -0.1) is 0 Å². The summed E-state index contributed by atoms with van der Waals surface area (Å²) in [7, 11) is 0. The summed E-state index contributed by atoms with van der Waals surface area (Å²) in [5, 5.41) is 0. The molecule has 1 nitrogen and oxygen atoms in total. The average Bonchev–Trinajstić information content (AvgIpc) is 2.79. The highest BCUT2D eigenvalue weighted by molar-refractivity contribution is 14.1. The molecule has 0 radical (unpaired) electrons. The lowest BCUT2D eigenvalue weighted by molar-refractivity contribution is -0.0674. The van der Waals surface area contributed by atoms with E-state index >= 15 is 0 Å². The van der Waals surface area contributed by atoms with E-state index in [9.17, 15) is 0 Å². The molecule has 1 fully saturated rings. The topological polar surface area (TPSA) is 9.23 Å². The van der Waals surface area contributed by atoms with Crippen molar-refractivity contribution in [3.8, 4) is 0 Å². The summed E-state index contributed by atoms with van der Waals surface area (Å²) < 4.78 is 7.44. The van der Waals surface area contributed by atoms with Crippen LogP contribution in [0.2, 0.25) is 0 Å². The molecule has 1 aliphatic carbocycles. The number of hydrogen-bond donors (Lipinski definition) is 0. The maximum Gasteiger partial charge on any atom is 0.0804 e. The van der Waals surface area contributed by atoms with E-state index in [1.165, 1.54) is 31.2 Å². The minimum Gasteiger partial charge on any atom is -0.367 e. The second kappa shape index (κ2) is 5.50. The highest BCUT2D eigenvalue weighted by Crippen LogP contribution is 2.38. The summed E-state index contributed by atoms with van der Waals surface area (Å²) in [6.07, 6.45) is 5.32. The quantitative estimate of drug-likeness (QED) is 0.583. The average molecular weight is 330 g/mol. The van der Waals surface area contributed by atoms with Gasteiger partial charge in [-0.25, -0.2) is 0 Å². The molecule has 1 aliphatic rings. The number of hydrogen-bond acceptors (Lipinski definition) is 1. The van der Waals surface area contributed by atoms with E-state index < -0.39 is 0 Å². The minimum atomic E-state index is 0.149. The zero-order chi connectivity index (χ0) is 11.4. The van der Waals surface area contributed by atoms with Crippen LogP contribution in [0.4, 0.5) is 0 Å². The highest BCUT2D eigenvalue weighted by atomic mass is 127. The first kappa shape index (κ1) is 12.4. The van der Waals surface area contributed by atoms with E-state index in [0.29, 0.717) is 0 Å². The summed E-state index contributed by atoms with van der Waals surface area (Å²) in [6, 6.07) is 10.5. The minimum absolute atomic E-state index is 0.149. The second-order valence-corrected chi connectivity index (χ2v) is 5.46. The van der Waals surface area contributed by atoms with Crippen LogP contribution in [0, 0.1) is 0 Å². The fraction of sp³-hybridized carbons (Fsp3) is 0.571. The molecule has 1 saturated carbocycles. The summed E-state index contributed by atoms with van der Waals surface area (Å²) in [5.74, 6) is 0. The van der Waals surface area contributed by atoms with Gasteiger partial charge < -0.3 is 4.74 Å². The molecule has 0 spiro atoms. The molecule has 2 heteroatoms. The molecule has 0 bridgehead atoms. The van der Waals surface area contributed by atoms with Crippen molar-refractivity contribution in [1.29, 1.82) is 0 Å². The first-order valence-corrected chi connectivity index (χ1v) is 7.57. The van der Waals surface area contributed by atoms with Gasteiger partial charge in [0, 0.05) is 4.43 Å². The summed E-state index contributed by atoms with van der Waals surface area (Å²) >= 11 is 2.47. The number of benzene rings is 1. The SMILES string of the molecule is CC(OC1(CI)CCCC1)c1ccccc1. The largest absolute Gasteiger partial charge is 0.367 e.